The summed E-state index contributed by atoms with van der Waals surface area (Å²) in [6.07, 6.45) is 1.61. The topological polar surface area (TPSA) is 21.6 Å². The Morgan fingerprint density at radius 2 is 2.23 bits per heavy atom. The van der Waals surface area contributed by atoms with E-state index in [1.807, 2.05) is 20.8 Å². The number of hydrogen-bond donors (Lipinski definition) is 0. The number of halogens is 2. The highest BCUT2D eigenvalue weighted by atomic mass is 79.9. The third kappa shape index (κ3) is 10.1. The summed E-state index contributed by atoms with van der Waals surface area (Å²) in [7, 11) is 0. The fourth-order valence-electron chi connectivity index (χ4n) is 0.656. The zero-order valence-electron chi connectivity index (χ0n) is 8.18. The molecule has 0 heterocycles. The van der Waals surface area contributed by atoms with Crippen molar-refractivity contribution >= 4 is 33.7 Å². The fraction of sp³-hybridized carbons (Fsp3) is 0.667. The Labute approximate surface area is 93.1 Å². The second-order valence-electron chi connectivity index (χ2n) is 3.58. The van der Waals surface area contributed by atoms with E-state index >= 15 is 0 Å². The summed E-state index contributed by atoms with van der Waals surface area (Å²) < 4.78 is 6.15. The summed E-state index contributed by atoms with van der Waals surface area (Å²) in [5, 5.41) is 0. The number of nitrogens with zero attached hydrogens (tertiary/aromatic N) is 1. The Hall–Kier alpha value is 0.140. The zero-order valence-corrected chi connectivity index (χ0v) is 10.5. The highest BCUT2D eigenvalue weighted by molar-refractivity contribution is 9.12. The first-order valence-electron chi connectivity index (χ1n) is 3.97. The van der Waals surface area contributed by atoms with Crippen molar-refractivity contribution in [3.05, 3.63) is 11.1 Å². The van der Waals surface area contributed by atoms with Crippen LogP contribution in [-0.4, -0.2) is 23.9 Å². The second kappa shape index (κ2) is 5.78. The van der Waals surface area contributed by atoms with Gasteiger partial charge in [0.15, 0.2) is 5.56 Å². The summed E-state index contributed by atoms with van der Waals surface area (Å²) in [6, 6.07) is 0. The van der Waals surface area contributed by atoms with Crippen LogP contribution in [0.2, 0.25) is 0 Å². The van der Waals surface area contributed by atoms with Crippen molar-refractivity contribution in [2.45, 2.75) is 31.9 Å². The van der Waals surface area contributed by atoms with Crippen LogP contribution in [0, 0.1) is 0 Å². The van der Waals surface area contributed by atoms with Gasteiger partial charge in [0.1, 0.15) is 0 Å². The van der Waals surface area contributed by atoms with Crippen molar-refractivity contribution in [1.82, 2.24) is 0 Å². The minimum atomic E-state index is -0.386. The molecule has 0 radical (unpaired) electrons. The van der Waals surface area contributed by atoms with Crippen LogP contribution in [0.3, 0.4) is 0 Å². The van der Waals surface area contributed by atoms with Gasteiger partial charge in [-0.1, -0.05) is 18.2 Å². The number of allylic oxidation sites excluding steroid dienone is 1. The molecule has 4 heteroatoms. The summed E-state index contributed by atoms with van der Waals surface area (Å²) in [5.74, 6) is 0. The van der Waals surface area contributed by atoms with Crippen LogP contribution < -0.4 is 0 Å². The lowest BCUT2D eigenvalue weighted by molar-refractivity contribution is -0.0184. The molecule has 0 aromatic heterocycles. The smallest absolute Gasteiger partial charge is 0.151 e. The average molecular weight is 269 g/mol. The molecular formula is C9H15BrClNO. The lowest BCUT2D eigenvalue weighted by atomic mass is 10.2. The first kappa shape index (κ1) is 13.1. The van der Waals surface area contributed by atoms with E-state index in [2.05, 4.69) is 27.5 Å². The lowest BCUT2D eigenvalue weighted by Crippen LogP contribution is -2.25. The normalized spacial score (nSPS) is 14.8. The molecule has 1 atom stereocenters. The molecule has 0 spiro atoms. The van der Waals surface area contributed by atoms with Gasteiger partial charge in [0.25, 0.3) is 0 Å². The summed E-state index contributed by atoms with van der Waals surface area (Å²) >= 11 is 9.03. The Morgan fingerprint density at radius 1 is 1.69 bits per heavy atom. The zero-order chi connectivity index (χ0) is 10.5. The maximum atomic E-state index is 5.87. The van der Waals surface area contributed by atoms with Crippen molar-refractivity contribution in [3.63, 3.8) is 0 Å². The predicted octanol–water partition coefficient (Wildman–Crippen LogP) is 3.35. The highest BCUT2D eigenvalue weighted by Gasteiger charge is 2.15. The molecule has 0 bridgehead atoms. The molecule has 0 saturated carbocycles. The van der Waals surface area contributed by atoms with Crippen molar-refractivity contribution in [1.29, 1.82) is 0 Å². The number of hydrogen-bond acceptors (Lipinski definition) is 2. The minimum absolute atomic E-state index is 0.229. The third-order valence-electron chi connectivity index (χ3n) is 0.962. The molecule has 76 valence electrons. The monoisotopic (exact) mass is 267 g/mol. The third-order valence-corrected chi connectivity index (χ3v) is 1.39. The molecule has 0 saturated heterocycles. The maximum Gasteiger partial charge on any atom is 0.151 e. The quantitative estimate of drug-likeness (QED) is 0.566. The molecule has 0 fully saturated rings. The van der Waals surface area contributed by atoms with Crippen LogP contribution in [0.4, 0.5) is 0 Å². The Bertz CT molecular complexity index is 198. The summed E-state index contributed by atoms with van der Waals surface area (Å²) in [5.41, 5.74) is -0.615. The molecule has 0 aliphatic carbocycles. The van der Waals surface area contributed by atoms with Crippen LogP contribution >= 0.6 is 27.5 Å². The van der Waals surface area contributed by atoms with E-state index in [0.717, 1.165) is 4.48 Å². The van der Waals surface area contributed by atoms with Gasteiger partial charge in [0.05, 0.1) is 12.1 Å². The van der Waals surface area contributed by atoms with E-state index in [0.29, 0.717) is 6.54 Å². The van der Waals surface area contributed by atoms with E-state index < -0.39 is 0 Å². The molecule has 0 aliphatic rings. The largest absolute Gasteiger partial charge is 0.355 e. The van der Waals surface area contributed by atoms with Gasteiger partial charge in [-0.05, 0) is 36.7 Å². The molecule has 0 aromatic carbocycles. The molecule has 13 heavy (non-hydrogen) atoms. The van der Waals surface area contributed by atoms with E-state index in [1.54, 1.807) is 6.21 Å². The van der Waals surface area contributed by atoms with Crippen molar-refractivity contribution in [2.75, 3.05) is 6.54 Å². The molecule has 1 unspecified atom stereocenters. The summed E-state index contributed by atoms with van der Waals surface area (Å²) in [6.45, 7) is 9.91. The molecule has 0 N–H and O–H groups in total. The predicted molar refractivity (Wildman–Crippen MR) is 61.9 cm³/mol. The molecule has 2 nitrogen and oxygen atoms in total. The molecular weight excluding hydrogens is 253 g/mol. The van der Waals surface area contributed by atoms with Gasteiger partial charge in [-0.25, -0.2) is 0 Å². The van der Waals surface area contributed by atoms with E-state index in [-0.39, 0.29) is 11.2 Å². The van der Waals surface area contributed by atoms with Gasteiger partial charge >= 0.3 is 0 Å². The van der Waals surface area contributed by atoms with E-state index in [9.17, 15) is 0 Å². The lowest BCUT2D eigenvalue weighted by Gasteiger charge is -2.22. The summed E-state index contributed by atoms with van der Waals surface area (Å²) in [4.78, 5) is 4.03. The van der Waals surface area contributed by atoms with Gasteiger partial charge < -0.3 is 4.74 Å². The van der Waals surface area contributed by atoms with E-state index in [4.69, 9.17) is 16.3 Å². The van der Waals surface area contributed by atoms with Gasteiger partial charge in [0.2, 0.25) is 0 Å². The van der Waals surface area contributed by atoms with E-state index in [1.165, 1.54) is 0 Å². The second-order valence-corrected chi connectivity index (χ2v) is 5.09. The molecule has 0 aliphatic heterocycles. The highest BCUT2D eigenvalue weighted by Crippen LogP contribution is 2.13. The number of rotatable bonds is 4. The first-order chi connectivity index (χ1) is 5.81. The van der Waals surface area contributed by atoms with Crippen molar-refractivity contribution < 1.29 is 4.74 Å². The Kier molecular flexibility index (Phi) is 5.85. The molecule has 0 amide bonds. The van der Waals surface area contributed by atoms with Gasteiger partial charge in [-0.15, -0.1) is 0 Å². The number of aliphatic imine (C=N–C) groups is 1. The Morgan fingerprint density at radius 3 is 2.62 bits per heavy atom. The average Bonchev–Trinajstić information content (AvgIpc) is 1.81. The van der Waals surface area contributed by atoms with Gasteiger partial charge in [-0.3, -0.25) is 4.99 Å². The van der Waals surface area contributed by atoms with Crippen LogP contribution in [0.1, 0.15) is 20.8 Å². The SMILES string of the molecule is C=C(Br)/C=N\CC(Cl)OC(C)(C)C. The van der Waals surface area contributed by atoms with Crippen LogP contribution in [0.25, 0.3) is 0 Å². The maximum absolute atomic E-state index is 5.87. The van der Waals surface area contributed by atoms with Crippen molar-refractivity contribution in [2.24, 2.45) is 4.99 Å². The first-order valence-corrected chi connectivity index (χ1v) is 5.20. The van der Waals surface area contributed by atoms with Crippen LogP contribution in [0.15, 0.2) is 16.1 Å². The molecule has 0 aromatic rings. The van der Waals surface area contributed by atoms with Crippen LogP contribution in [0.5, 0.6) is 0 Å². The standard InChI is InChI=1S/C9H15BrClNO/c1-7(10)5-12-6-8(11)13-9(2,3)4/h5,8H,1,6H2,2-4H3/b12-5-. The van der Waals surface area contributed by atoms with Crippen molar-refractivity contribution in [3.8, 4) is 0 Å². The van der Waals surface area contributed by atoms with Gasteiger partial charge in [-0.2, -0.15) is 0 Å². The fourth-order valence-corrected chi connectivity index (χ4v) is 1.15. The Balaban J connectivity index is 3.76. The molecule has 0 rings (SSSR count). The number of ether oxygens (including phenoxy) is 1. The minimum Gasteiger partial charge on any atom is -0.355 e. The van der Waals surface area contributed by atoms with Gasteiger partial charge in [0, 0.05) is 10.7 Å². The van der Waals surface area contributed by atoms with Crippen LogP contribution in [-0.2, 0) is 4.74 Å². The number of alkyl halides is 1.